The van der Waals surface area contributed by atoms with E-state index in [-0.39, 0.29) is 12.7 Å². The van der Waals surface area contributed by atoms with Crippen molar-refractivity contribution in [2.45, 2.75) is 6.92 Å². The van der Waals surface area contributed by atoms with Gasteiger partial charge in [0, 0.05) is 11.1 Å². The summed E-state index contributed by atoms with van der Waals surface area (Å²) in [7, 11) is 0. The number of aryl methyl sites for hydroxylation is 1. The average molecular weight is 405 g/mol. The van der Waals surface area contributed by atoms with E-state index in [1.807, 2.05) is 36.6 Å². The topological polar surface area (TPSA) is 86.5 Å². The van der Waals surface area contributed by atoms with E-state index in [1.54, 1.807) is 24.3 Å². The molecule has 1 N–H and O–H groups in total. The van der Waals surface area contributed by atoms with Crippen LogP contribution in [0.4, 0.5) is 5.69 Å². The molecule has 0 atom stereocenters. The Morgan fingerprint density at radius 1 is 1.07 bits per heavy atom. The average Bonchev–Trinajstić information content (AvgIpc) is 3.48. The Hall–Kier alpha value is -3.65. The summed E-state index contributed by atoms with van der Waals surface area (Å²) in [6.07, 6.45) is 0. The molecule has 0 fully saturated rings. The Morgan fingerprint density at radius 3 is 2.76 bits per heavy atom. The van der Waals surface area contributed by atoms with Crippen molar-refractivity contribution in [2.75, 3.05) is 12.1 Å². The summed E-state index contributed by atoms with van der Waals surface area (Å²) in [5, 5.41) is 8.83. The van der Waals surface area contributed by atoms with E-state index in [0.717, 1.165) is 11.1 Å². The monoisotopic (exact) mass is 405 g/mol. The van der Waals surface area contributed by atoms with Gasteiger partial charge in [-0.1, -0.05) is 35.0 Å². The second kappa shape index (κ2) is 7.06. The second-order valence-electron chi connectivity index (χ2n) is 6.47. The zero-order valence-electron chi connectivity index (χ0n) is 15.3. The zero-order valence-corrected chi connectivity index (χ0v) is 16.2. The molecule has 144 valence electrons. The minimum absolute atomic E-state index is 0.162. The van der Waals surface area contributed by atoms with Gasteiger partial charge in [0.25, 0.3) is 11.8 Å². The zero-order chi connectivity index (χ0) is 19.8. The Morgan fingerprint density at radius 2 is 1.90 bits per heavy atom. The van der Waals surface area contributed by atoms with E-state index in [2.05, 4.69) is 15.5 Å². The molecule has 1 aliphatic rings. The van der Waals surface area contributed by atoms with Crippen LogP contribution in [0.2, 0.25) is 0 Å². The smallest absolute Gasteiger partial charge is 0.270 e. The number of carbonyl (C=O) groups excluding carboxylic acids is 1. The molecule has 0 aliphatic carbocycles. The van der Waals surface area contributed by atoms with Gasteiger partial charge in [-0.15, -0.1) is 11.3 Å². The first-order chi connectivity index (χ1) is 14.2. The van der Waals surface area contributed by atoms with Gasteiger partial charge in [-0.05, 0) is 36.6 Å². The predicted molar refractivity (Wildman–Crippen MR) is 108 cm³/mol. The van der Waals surface area contributed by atoms with Gasteiger partial charge in [-0.3, -0.25) is 4.79 Å². The van der Waals surface area contributed by atoms with Crippen LogP contribution < -0.4 is 14.8 Å². The maximum Gasteiger partial charge on any atom is 0.270 e. The fourth-order valence-corrected chi connectivity index (χ4v) is 3.71. The molecule has 1 amide bonds. The highest BCUT2D eigenvalue weighted by atomic mass is 32.1. The van der Waals surface area contributed by atoms with Gasteiger partial charge in [-0.25, -0.2) is 0 Å². The number of nitrogens with one attached hydrogen (secondary N) is 1. The molecule has 3 heterocycles. The number of hydrogen-bond acceptors (Lipinski definition) is 7. The molecule has 29 heavy (non-hydrogen) atoms. The Bertz CT molecular complexity index is 1200. The van der Waals surface area contributed by atoms with Crippen LogP contribution in [0.3, 0.4) is 0 Å². The van der Waals surface area contributed by atoms with Crippen molar-refractivity contribution in [3.8, 4) is 33.7 Å². The summed E-state index contributed by atoms with van der Waals surface area (Å²) in [5.74, 6) is 1.79. The van der Waals surface area contributed by atoms with E-state index in [1.165, 1.54) is 11.3 Å². The number of hydrogen-bond donors (Lipinski definition) is 1. The number of ether oxygens (including phenoxy) is 2. The second-order valence-corrected chi connectivity index (χ2v) is 7.39. The minimum atomic E-state index is -0.263. The fraction of sp³-hybridized carbons (Fsp3) is 0.0952. The van der Waals surface area contributed by atoms with Crippen molar-refractivity contribution in [3.63, 3.8) is 0 Å². The van der Waals surface area contributed by atoms with Crippen LogP contribution in [-0.2, 0) is 0 Å². The molecule has 0 unspecified atom stereocenters. The summed E-state index contributed by atoms with van der Waals surface area (Å²) in [6, 6.07) is 14.8. The van der Waals surface area contributed by atoms with Gasteiger partial charge in [0.15, 0.2) is 11.5 Å². The normalized spacial score (nSPS) is 12.2. The molecular formula is C21H15N3O4S. The molecule has 1 aliphatic heterocycles. The van der Waals surface area contributed by atoms with Gasteiger partial charge in [0.1, 0.15) is 4.88 Å². The lowest BCUT2D eigenvalue weighted by atomic mass is 10.1. The third-order valence-electron chi connectivity index (χ3n) is 4.48. The Kier molecular flexibility index (Phi) is 4.25. The Labute approximate surface area is 169 Å². The number of anilines is 1. The van der Waals surface area contributed by atoms with Crippen molar-refractivity contribution in [3.05, 3.63) is 65.0 Å². The van der Waals surface area contributed by atoms with Crippen LogP contribution in [0.5, 0.6) is 11.5 Å². The quantitative estimate of drug-likeness (QED) is 0.527. The van der Waals surface area contributed by atoms with E-state index in [4.69, 9.17) is 14.0 Å². The minimum Gasteiger partial charge on any atom is -0.454 e. The van der Waals surface area contributed by atoms with Crippen LogP contribution in [0, 0.1) is 6.92 Å². The number of carbonyl (C=O) groups is 1. The number of fused-ring (bicyclic) bond motifs is 1. The molecule has 5 rings (SSSR count). The number of amides is 1. The molecule has 4 aromatic rings. The lowest BCUT2D eigenvalue weighted by Crippen LogP contribution is -2.11. The molecule has 0 bridgehead atoms. The van der Waals surface area contributed by atoms with Crippen LogP contribution in [0.25, 0.3) is 22.2 Å². The van der Waals surface area contributed by atoms with Gasteiger partial charge in [0.05, 0.1) is 5.69 Å². The maximum atomic E-state index is 12.7. The van der Waals surface area contributed by atoms with Crippen molar-refractivity contribution in [1.82, 2.24) is 10.1 Å². The van der Waals surface area contributed by atoms with Crippen LogP contribution in [0.15, 0.2) is 58.4 Å². The number of nitrogens with zero attached hydrogens (tertiary/aromatic N) is 2. The molecule has 8 heteroatoms. The van der Waals surface area contributed by atoms with Gasteiger partial charge < -0.3 is 19.3 Å². The number of thiophene rings is 1. The third kappa shape index (κ3) is 3.34. The first-order valence-corrected chi connectivity index (χ1v) is 9.75. The van der Waals surface area contributed by atoms with Crippen molar-refractivity contribution in [1.29, 1.82) is 0 Å². The van der Waals surface area contributed by atoms with Crippen molar-refractivity contribution in [2.24, 2.45) is 0 Å². The highest BCUT2D eigenvalue weighted by Gasteiger charge is 2.20. The van der Waals surface area contributed by atoms with Gasteiger partial charge in [-0.2, -0.15) is 4.98 Å². The highest BCUT2D eigenvalue weighted by Crippen LogP contribution is 2.35. The first kappa shape index (κ1) is 17.4. The lowest BCUT2D eigenvalue weighted by molar-refractivity contribution is 0.102. The Balaban J connectivity index is 1.39. The molecule has 0 saturated heterocycles. The highest BCUT2D eigenvalue weighted by molar-refractivity contribution is 7.14. The molecule has 7 nitrogen and oxygen atoms in total. The van der Waals surface area contributed by atoms with E-state index in [0.29, 0.717) is 39.3 Å². The SMILES string of the molecule is Cc1ccc(-c2noc(-c3sccc3NC(=O)c3ccc4c(c3)OCO4)n2)cc1. The van der Waals surface area contributed by atoms with Crippen LogP contribution >= 0.6 is 11.3 Å². The van der Waals surface area contributed by atoms with Gasteiger partial charge >= 0.3 is 0 Å². The lowest BCUT2D eigenvalue weighted by Gasteiger charge is -2.05. The number of rotatable bonds is 4. The molecule has 2 aromatic heterocycles. The summed E-state index contributed by atoms with van der Waals surface area (Å²) in [5.41, 5.74) is 3.10. The van der Waals surface area contributed by atoms with Gasteiger partial charge in [0.2, 0.25) is 12.6 Å². The largest absolute Gasteiger partial charge is 0.454 e. The summed E-state index contributed by atoms with van der Waals surface area (Å²) >= 11 is 1.42. The third-order valence-corrected chi connectivity index (χ3v) is 5.38. The van der Waals surface area contributed by atoms with E-state index in [9.17, 15) is 4.79 Å². The molecule has 2 aromatic carbocycles. The summed E-state index contributed by atoms with van der Waals surface area (Å²) in [6.45, 7) is 2.18. The fourth-order valence-electron chi connectivity index (χ4n) is 2.94. The van der Waals surface area contributed by atoms with Crippen LogP contribution in [0.1, 0.15) is 15.9 Å². The van der Waals surface area contributed by atoms with Crippen molar-refractivity contribution < 1.29 is 18.8 Å². The number of benzene rings is 2. The van der Waals surface area contributed by atoms with Crippen molar-refractivity contribution >= 4 is 22.9 Å². The predicted octanol–water partition coefficient (Wildman–Crippen LogP) is 4.75. The van der Waals surface area contributed by atoms with Crippen LogP contribution in [-0.4, -0.2) is 22.8 Å². The summed E-state index contributed by atoms with van der Waals surface area (Å²) in [4.78, 5) is 17.9. The molecule has 0 saturated carbocycles. The maximum absolute atomic E-state index is 12.7. The number of aromatic nitrogens is 2. The summed E-state index contributed by atoms with van der Waals surface area (Å²) < 4.78 is 16.1. The van der Waals surface area contributed by atoms with E-state index < -0.39 is 0 Å². The first-order valence-electron chi connectivity index (χ1n) is 8.87. The molecular weight excluding hydrogens is 390 g/mol. The van der Waals surface area contributed by atoms with E-state index >= 15 is 0 Å². The molecule has 0 radical (unpaired) electrons. The standard InChI is InChI=1S/C21H15N3O4S/c1-12-2-4-13(5-3-12)19-23-21(28-24-19)18-15(8-9-29-18)22-20(25)14-6-7-16-17(10-14)27-11-26-16/h2-10H,11H2,1H3,(H,22,25). The molecule has 0 spiro atoms.